The van der Waals surface area contributed by atoms with Gasteiger partial charge < -0.3 is 9.73 Å². The van der Waals surface area contributed by atoms with Gasteiger partial charge in [0.25, 0.3) is 5.91 Å². The predicted molar refractivity (Wildman–Crippen MR) is 97.1 cm³/mol. The number of para-hydroxylation sites is 1. The molecule has 0 unspecified atom stereocenters. The van der Waals surface area contributed by atoms with Gasteiger partial charge in [0.2, 0.25) is 0 Å². The quantitative estimate of drug-likeness (QED) is 0.624. The molecule has 1 amide bonds. The Balaban J connectivity index is 1.97. The lowest BCUT2D eigenvalue weighted by Crippen LogP contribution is -2.13. The van der Waals surface area contributed by atoms with Crippen LogP contribution in [-0.4, -0.2) is 5.91 Å². The summed E-state index contributed by atoms with van der Waals surface area (Å²) in [6.07, 6.45) is 0. The number of amides is 1. The molecule has 0 fully saturated rings. The van der Waals surface area contributed by atoms with Crippen LogP contribution in [0.15, 0.2) is 51.4 Å². The summed E-state index contributed by atoms with van der Waals surface area (Å²) >= 11 is 3.45. The number of carbonyl (C=O) groups is 1. The van der Waals surface area contributed by atoms with Crippen LogP contribution in [0, 0.1) is 6.92 Å². The van der Waals surface area contributed by atoms with E-state index in [2.05, 4.69) is 35.1 Å². The molecule has 0 spiro atoms. The minimum Gasteiger partial charge on any atom is -0.451 e. The first kappa shape index (κ1) is 15.8. The van der Waals surface area contributed by atoms with Crippen molar-refractivity contribution in [3.8, 4) is 0 Å². The Labute approximate surface area is 143 Å². The number of hydrogen-bond acceptors (Lipinski definition) is 2. The minimum atomic E-state index is -0.220. The molecule has 1 N–H and O–H groups in total. The zero-order valence-electron chi connectivity index (χ0n) is 13.3. The number of hydrogen-bond donors (Lipinski definition) is 1. The maximum atomic E-state index is 12.6. The van der Waals surface area contributed by atoms with E-state index in [4.69, 9.17) is 4.42 Å². The third-order valence-electron chi connectivity index (χ3n) is 3.94. The number of rotatable bonds is 3. The standard InChI is InChI=1S/C19H18BrNO2/c1-11(2)14-6-4-5-7-16(14)21-19(22)18-12(3)15-10-13(20)8-9-17(15)23-18/h4-11H,1-3H3,(H,21,22). The van der Waals surface area contributed by atoms with E-state index < -0.39 is 0 Å². The van der Waals surface area contributed by atoms with E-state index in [-0.39, 0.29) is 5.91 Å². The molecule has 0 saturated heterocycles. The number of fused-ring (bicyclic) bond motifs is 1. The predicted octanol–water partition coefficient (Wildman–Crippen LogP) is 5.88. The molecule has 3 aromatic rings. The number of furan rings is 1. The summed E-state index contributed by atoms with van der Waals surface area (Å²) in [5.41, 5.74) is 3.50. The van der Waals surface area contributed by atoms with Gasteiger partial charge in [-0.05, 0) is 42.7 Å². The average molecular weight is 372 g/mol. The number of carbonyl (C=O) groups excluding carboxylic acids is 1. The molecule has 0 atom stereocenters. The lowest BCUT2D eigenvalue weighted by molar-refractivity contribution is 0.0998. The summed E-state index contributed by atoms with van der Waals surface area (Å²) in [4.78, 5) is 12.6. The molecule has 118 valence electrons. The van der Waals surface area contributed by atoms with Gasteiger partial charge in [0.1, 0.15) is 5.58 Å². The third kappa shape index (κ3) is 3.04. The molecule has 0 aliphatic rings. The highest BCUT2D eigenvalue weighted by atomic mass is 79.9. The van der Waals surface area contributed by atoms with Crippen LogP contribution in [0.5, 0.6) is 0 Å². The van der Waals surface area contributed by atoms with Crippen LogP contribution in [0.3, 0.4) is 0 Å². The Morgan fingerprint density at radius 1 is 1.17 bits per heavy atom. The van der Waals surface area contributed by atoms with Gasteiger partial charge in [-0.1, -0.05) is 48.0 Å². The van der Waals surface area contributed by atoms with E-state index in [9.17, 15) is 4.79 Å². The molecule has 1 heterocycles. The molecule has 0 saturated carbocycles. The van der Waals surface area contributed by atoms with Crippen molar-refractivity contribution in [2.24, 2.45) is 0 Å². The second-order valence-electron chi connectivity index (χ2n) is 5.89. The first-order chi connectivity index (χ1) is 11.0. The Morgan fingerprint density at radius 3 is 2.65 bits per heavy atom. The summed E-state index contributed by atoms with van der Waals surface area (Å²) < 4.78 is 6.72. The van der Waals surface area contributed by atoms with Crippen molar-refractivity contribution < 1.29 is 9.21 Å². The van der Waals surface area contributed by atoms with Gasteiger partial charge >= 0.3 is 0 Å². The molecule has 0 bridgehead atoms. The van der Waals surface area contributed by atoms with E-state index >= 15 is 0 Å². The third-order valence-corrected chi connectivity index (χ3v) is 4.43. The molecule has 23 heavy (non-hydrogen) atoms. The number of anilines is 1. The summed E-state index contributed by atoms with van der Waals surface area (Å²) in [6, 6.07) is 13.6. The Bertz CT molecular complexity index is 880. The van der Waals surface area contributed by atoms with Gasteiger partial charge in [0, 0.05) is 21.1 Å². The first-order valence-electron chi connectivity index (χ1n) is 7.56. The molecular formula is C19H18BrNO2. The van der Waals surface area contributed by atoms with E-state index in [1.54, 1.807) is 0 Å². The second-order valence-corrected chi connectivity index (χ2v) is 6.81. The first-order valence-corrected chi connectivity index (χ1v) is 8.35. The van der Waals surface area contributed by atoms with E-state index in [1.165, 1.54) is 0 Å². The fraction of sp³-hybridized carbons (Fsp3) is 0.211. The molecule has 0 radical (unpaired) electrons. The highest BCUT2D eigenvalue weighted by Gasteiger charge is 2.19. The van der Waals surface area contributed by atoms with Crippen LogP contribution < -0.4 is 5.32 Å². The van der Waals surface area contributed by atoms with Crippen molar-refractivity contribution in [2.75, 3.05) is 5.32 Å². The molecule has 1 aromatic heterocycles. The molecule has 3 rings (SSSR count). The van der Waals surface area contributed by atoms with Crippen LogP contribution in [-0.2, 0) is 0 Å². The maximum absolute atomic E-state index is 12.6. The Hall–Kier alpha value is -2.07. The summed E-state index contributed by atoms with van der Waals surface area (Å²) in [5.74, 6) is 0.471. The van der Waals surface area contributed by atoms with Crippen LogP contribution in [0.25, 0.3) is 11.0 Å². The Kier molecular flexibility index (Phi) is 4.26. The summed E-state index contributed by atoms with van der Waals surface area (Å²) in [5, 5.41) is 3.93. The monoisotopic (exact) mass is 371 g/mol. The number of halogens is 1. The summed E-state index contributed by atoms with van der Waals surface area (Å²) in [7, 11) is 0. The highest BCUT2D eigenvalue weighted by molar-refractivity contribution is 9.10. The lowest BCUT2D eigenvalue weighted by Gasteiger charge is -2.13. The molecule has 0 aliphatic carbocycles. The number of aryl methyl sites for hydroxylation is 1. The second kappa shape index (κ2) is 6.20. The van der Waals surface area contributed by atoms with Gasteiger partial charge in [-0.2, -0.15) is 0 Å². The molecule has 4 heteroatoms. The fourth-order valence-electron chi connectivity index (χ4n) is 2.70. The molecule has 3 nitrogen and oxygen atoms in total. The van der Waals surface area contributed by atoms with Crippen LogP contribution in [0.4, 0.5) is 5.69 Å². The SMILES string of the molecule is Cc1c(C(=O)Nc2ccccc2C(C)C)oc2ccc(Br)cc12. The smallest absolute Gasteiger partial charge is 0.291 e. The van der Waals surface area contributed by atoms with Gasteiger partial charge in [-0.15, -0.1) is 0 Å². The van der Waals surface area contributed by atoms with Crippen molar-refractivity contribution in [3.05, 3.63) is 63.8 Å². The largest absolute Gasteiger partial charge is 0.451 e. The maximum Gasteiger partial charge on any atom is 0.291 e. The fourth-order valence-corrected chi connectivity index (χ4v) is 3.06. The van der Waals surface area contributed by atoms with Crippen molar-refractivity contribution in [3.63, 3.8) is 0 Å². The van der Waals surface area contributed by atoms with E-state index in [1.807, 2.05) is 49.4 Å². The minimum absolute atomic E-state index is 0.220. The van der Waals surface area contributed by atoms with Crippen LogP contribution in [0.1, 0.15) is 41.4 Å². The average Bonchev–Trinajstić information content (AvgIpc) is 2.84. The van der Waals surface area contributed by atoms with Gasteiger partial charge in [0.05, 0.1) is 0 Å². The lowest BCUT2D eigenvalue weighted by atomic mass is 10.0. The zero-order chi connectivity index (χ0) is 16.6. The number of benzene rings is 2. The van der Waals surface area contributed by atoms with Crippen molar-refractivity contribution in [1.82, 2.24) is 0 Å². The highest BCUT2D eigenvalue weighted by Crippen LogP contribution is 2.29. The Morgan fingerprint density at radius 2 is 1.91 bits per heavy atom. The van der Waals surface area contributed by atoms with E-state index in [0.29, 0.717) is 17.3 Å². The van der Waals surface area contributed by atoms with Gasteiger partial charge in [-0.3, -0.25) is 4.79 Å². The van der Waals surface area contributed by atoms with Crippen LogP contribution in [0.2, 0.25) is 0 Å². The van der Waals surface area contributed by atoms with Crippen molar-refractivity contribution >= 4 is 38.5 Å². The van der Waals surface area contributed by atoms with Gasteiger partial charge in [0.15, 0.2) is 5.76 Å². The molecule has 2 aromatic carbocycles. The summed E-state index contributed by atoms with van der Waals surface area (Å²) in [6.45, 7) is 6.12. The van der Waals surface area contributed by atoms with Crippen molar-refractivity contribution in [2.45, 2.75) is 26.7 Å². The zero-order valence-corrected chi connectivity index (χ0v) is 14.9. The number of nitrogens with one attached hydrogen (secondary N) is 1. The van der Waals surface area contributed by atoms with Crippen LogP contribution >= 0.6 is 15.9 Å². The molecular weight excluding hydrogens is 354 g/mol. The molecule has 0 aliphatic heterocycles. The topological polar surface area (TPSA) is 42.2 Å². The van der Waals surface area contributed by atoms with E-state index in [0.717, 1.165) is 26.7 Å². The van der Waals surface area contributed by atoms with Crippen molar-refractivity contribution in [1.29, 1.82) is 0 Å². The normalized spacial score (nSPS) is 11.2. The van der Waals surface area contributed by atoms with Gasteiger partial charge in [-0.25, -0.2) is 0 Å².